The Hall–Kier alpha value is -2.80. The maximum absolute atomic E-state index is 12.9. The molecule has 0 aromatic heterocycles. The van der Waals surface area contributed by atoms with Crippen molar-refractivity contribution in [3.63, 3.8) is 0 Å². The van der Waals surface area contributed by atoms with Crippen LogP contribution in [-0.4, -0.2) is 35.5 Å². The quantitative estimate of drug-likeness (QED) is 0.642. The third-order valence-electron chi connectivity index (χ3n) is 4.41. The van der Waals surface area contributed by atoms with Crippen LogP contribution in [0.5, 0.6) is 0 Å². The minimum atomic E-state index is -1.73. The Morgan fingerprint density at radius 2 is 1.75 bits per heavy atom. The molecule has 1 aromatic rings. The second kappa shape index (κ2) is 8.48. The summed E-state index contributed by atoms with van der Waals surface area (Å²) in [6.45, 7) is 6.56. The zero-order valence-electron chi connectivity index (χ0n) is 15.9. The highest BCUT2D eigenvalue weighted by Crippen LogP contribution is 2.44. The average molecular weight is 406 g/mol. The van der Waals surface area contributed by atoms with Crippen molar-refractivity contribution < 1.29 is 29.3 Å². The van der Waals surface area contributed by atoms with E-state index in [-0.39, 0.29) is 28.4 Å². The normalized spacial score (nSPS) is 17.2. The number of aliphatic carboxylic acids is 2. The van der Waals surface area contributed by atoms with Crippen LogP contribution >= 0.6 is 11.6 Å². The van der Waals surface area contributed by atoms with E-state index in [1.807, 2.05) is 0 Å². The van der Waals surface area contributed by atoms with E-state index in [9.17, 15) is 24.6 Å². The summed E-state index contributed by atoms with van der Waals surface area (Å²) < 4.78 is 5.30. The molecule has 0 spiro atoms. The Morgan fingerprint density at radius 1 is 1.14 bits per heavy atom. The van der Waals surface area contributed by atoms with Gasteiger partial charge in [0.15, 0.2) is 0 Å². The van der Waals surface area contributed by atoms with Crippen LogP contribution < -0.4 is 10.2 Å². The molecule has 0 N–H and O–H groups in total. The maximum Gasteiger partial charge on any atom is 0.337 e. The molecule has 1 aliphatic rings. The number of likely N-dealkylation sites (N-methyl/N-ethyl adjacent to an activating group) is 1. The first-order chi connectivity index (χ1) is 13.1. The van der Waals surface area contributed by atoms with Crippen molar-refractivity contribution in [2.75, 3.05) is 6.54 Å². The third-order valence-corrected chi connectivity index (χ3v) is 4.75. The van der Waals surface area contributed by atoms with E-state index in [0.29, 0.717) is 0 Å². The number of benzene rings is 1. The summed E-state index contributed by atoms with van der Waals surface area (Å²) in [5, 5.41) is 24.0. The van der Waals surface area contributed by atoms with Gasteiger partial charge in [-0.25, -0.2) is 4.79 Å². The van der Waals surface area contributed by atoms with Crippen molar-refractivity contribution in [1.29, 1.82) is 0 Å². The fourth-order valence-electron chi connectivity index (χ4n) is 3.34. The Bertz CT molecular complexity index is 886. The minimum Gasteiger partial charge on any atom is -0.545 e. The van der Waals surface area contributed by atoms with Crippen LogP contribution in [0.1, 0.15) is 39.2 Å². The molecule has 1 aliphatic heterocycles. The molecule has 0 amide bonds. The zero-order valence-corrected chi connectivity index (χ0v) is 16.7. The molecule has 28 heavy (non-hydrogen) atoms. The molecule has 1 aromatic carbocycles. The number of ether oxygens (including phenoxy) is 1. The van der Waals surface area contributed by atoms with Gasteiger partial charge in [-0.3, -0.25) is 0 Å². The molecule has 7 nitrogen and oxygen atoms in total. The lowest BCUT2D eigenvalue weighted by atomic mass is 9.79. The number of rotatable bonds is 6. The van der Waals surface area contributed by atoms with E-state index in [0.717, 1.165) is 0 Å². The summed E-state index contributed by atoms with van der Waals surface area (Å²) in [6, 6.07) is 6.30. The molecule has 0 aliphatic carbocycles. The predicted octanol–water partition coefficient (Wildman–Crippen LogP) is 0.739. The number of carbonyl (C=O) groups excluding carboxylic acids is 3. The van der Waals surface area contributed by atoms with E-state index in [1.165, 1.54) is 24.0 Å². The first kappa shape index (κ1) is 21.5. The molecule has 8 heteroatoms. The van der Waals surface area contributed by atoms with Crippen molar-refractivity contribution >= 4 is 29.5 Å². The van der Waals surface area contributed by atoms with Crippen LogP contribution in [0.15, 0.2) is 46.8 Å². The summed E-state index contributed by atoms with van der Waals surface area (Å²) >= 11 is 6.26. The van der Waals surface area contributed by atoms with E-state index in [4.69, 9.17) is 16.3 Å². The molecule has 0 saturated carbocycles. The fraction of sp³-hybridized carbons (Fsp3) is 0.350. The number of allylic oxidation sites excluding steroid dienone is 1. The minimum absolute atomic E-state index is 0.00662. The average Bonchev–Trinajstić information content (AvgIpc) is 2.59. The van der Waals surface area contributed by atoms with Crippen LogP contribution in [0, 0.1) is 0 Å². The first-order valence-corrected chi connectivity index (χ1v) is 9.10. The smallest absolute Gasteiger partial charge is 0.337 e. The topological polar surface area (TPSA) is 110 Å². The van der Waals surface area contributed by atoms with Gasteiger partial charge in [0.1, 0.15) is 0 Å². The Balaban J connectivity index is 2.89. The molecule has 1 unspecified atom stereocenters. The molecule has 0 saturated heterocycles. The molecular weight excluding hydrogens is 386 g/mol. The molecule has 0 bridgehead atoms. The summed E-state index contributed by atoms with van der Waals surface area (Å²) in [4.78, 5) is 37.9. The lowest BCUT2D eigenvalue weighted by Gasteiger charge is -2.40. The lowest BCUT2D eigenvalue weighted by molar-refractivity contribution is -0.305. The molecule has 1 atom stereocenters. The van der Waals surface area contributed by atoms with Gasteiger partial charge in [0.05, 0.1) is 29.3 Å². The Kier molecular flexibility index (Phi) is 6.51. The molecule has 2 rings (SSSR count). The zero-order chi connectivity index (χ0) is 21.2. The Morgan fingerprint density at radius 3 is 2.21 bits per heavy atom. The molecule has 0 fully saturated rings. The maximum atomic E-state index is 12.9. The van der Waals surface area contributed by atoms with E-state index >= 15 is 0 Å². The van der Waals surface area contributed by atoms with Gasteiger partial charge in [-0.05, 0) is 39.3 Å². The number of halogens is 1. The van der Waals surface area contributed by atoms with Gasteiger partial charge in [-0.1, -0.05) is 29.8 Å². The largest absolute Gasteiger partial charge is 0.545 e. The summed E-state index contributed by atoms with van der Waals surface area (Å²) in [5.41, 5.74) is -0.662. The van der Waals surface area contributed by atoms with Gasteiger partial charge in [0.2, 0.25) is 0 Å². The number of hydrogen-bond acceptors (Lipinski definition) is 7. The number of carbonyl (C=O) groups is 3. The highest BCUT2D eigenvalue weighted by molar-refractivity contribution is 6.31. The van der Waals surface area contributed by atoms with Crippen LogP contribution in [0.2, 0.25) is 5.02 Å². The SMILES string of the molecule is CCN1C(C)=C(C(=O)OC(C)C)C(c2ccccc2Cl)C(C(=O)[O-])=C1C(=O)[O-]. The monoisotopic (exact) mass is 405 g/mol. The summed E-state index contributed by atoms with van der Waals surface area (Å²) in [6.07, 6.45) is -0.465. The number of hydrogen-bond donors (Lipinski definition) is 0. The van der Waals surface area contributed by atoms with Gasteiger partial charge in [-0.15, -0.1) is 0 Å². The van der Waals surface area contributed by atoms with Gasteiger partial charge in [0, 0.05) is 28.8 Å². The van der Waals surface area contributed by atoms with Crippen molar-refractivity contribution in [3.8, 4) is 0 Å². The van der Waals surface area contributed by atoms with Crippen molar-refractivity contribution in [2.45, 2.75) is 39.7 Å². The van der Waals surface area contributed by atoms with Crippen LogP contribution in [0.25, 0.3) is 0 Å². The van der Waals surface area contributed by atoms with Gasteiger partial charge < -0.3 is 29.4 Å². The van der Waals surface area contributed by atoms with Crippen molar-refractivity contribution in [2.24, 2.45) is 0 Å². The first-order valence-electron chi connectivity index (χ1n) is 8.72. The van der Waals surface area contributed by atoms with Gasteiger partial charge in [0.25, 0.3) is 0 Å². The van der Waals surface area contributed by atoms with E-state index in [2.05, 4.69) is 0 Å². The standard InChI is InChI=1S/C20H22ClNO6/c1-5-22-11(4)14(20(27)28-10(2)3)15(12-8-6-7-9-13(12)21)16(18(23)24)17(22)19(25)26/h6-10,15H,5H2,1-4H3,(H,23,24)(H,25,26)/p-2. The van der Waals surface area contributed by atoms with Crippen LogP contribution in [-0.2, 0) is 19.1 Å². The summed E-state index contributed by atoms with van der Waals surface area (Å²) in [7, 11) is 0. The highest BCUT2D eigenvalue weighted by atomic mass is 35.5. The van der Waals surface area contributed by atoms with E-state index < -0.39 is 41.2 Å². The number of carboxylic acids is 2. The summed E-state index contributed by atoms with van der Waals surface area (Å²) in [5.74, 6) is -5.45. The van der Waals surface area contributed by atoms with Crippen molar-refractivity contribution in [3.05, 3.63) is 57.4 Å². The lowest BCUT2D eigenvalue weighted by Crippen LogP contribution is -2.45. The van der Waals surface area contributed by atoms with Crippen LogP contribution in [0.3, 0.4) is 0 Å². The number of esters is 1. The molecule has 150 valence electrons. The Labute approximate surface area is 167 Å². The molecule has 0 radical (unpaired) electrons. The second-order valence-electron chi connectivity index (χ2n) is 6.49. The van der Waals surface area contributed by atoms with Gasteiger partial charge >= 0.3 is 5.97 Å². The second-order valence-corrected chi connectivity index (χ2v) is 6.90. The van der Waals surface area contributed by atoms with Crippen molar-refractivity contribution in [1.82, 2.24) is 4.90 Å². The van der Waals surface area contributed by atoms with E-state index in [1.54, 1.807) is 32.9 Å². The number of carboxylic acid groups (broad SMARTS) is 2. The fourth-order valence-corrected chi connectivity index (χ4v) is 3.59. The number of nitrogens with zero attached hydrogens (tertiary/aromatic N) is 1. The predicted molar refractivity (Wildman–Crippen MR) is 97.5 cm³/mol. The molecule has 1 heterocycles. The highest BCUT2D eigenvalue weighted by Gasteiger charge is 2.39. The van der Waals surface area contributed by atoms with Gasteiger partial charge in [-0.2, -0.15) is 0 Å². The third kappa shape index (κ3) is 3.89. The molecular formula is C20H20ClNO6-2. The van der Waals surface area contributed by atoms with Crippen LogP contribution in [0.4, 0.5) is 0 Å².